The fraction of sp³-hybridized carbons (Fsp3) is 0.667. The molecule has 2 fully saturated rings. The summed E-state index contributed by atoms with van der Waals surface area (Å²) in [7, 11) is 0. The van der Waals surface area contributed by atoms with Gasteiger partial charge >= 0.3 is 0 Å². The summed E-state index contributed by atoms with van der Waals surface area (Å²) < 4.78 is 12.9. The highest BCUT2D eigenvalue weighted by Crippen LogP contribution is 2.36. The number of nitrogens with zero attached hydrogens (tertiary/aromatic N) is 1. The molecule has 1 aromatic carbocycles. The number of aliphatic hydroxyl groups excluding tert-OH is 1. The van der Waals surface area contributed by atoms with Crippen molar-refractivity contribution in [1.82, 2.24) is 4.90 Å². The third-order valence-corrected chi connectivity index (χ3v) is 5.35. The van der Waals surface area contributed by atoms with Crippen LogP contribution in [0.25, 0.3) is 0 Å². The molecule has 0 radical (unpaired) electrons. The zero-order valence-corrected chi connectivity index (χ0v) is 12.7. The summed E-state index contributed by atoms with van der Waals surface area (Å²) in [5.41, 5.74) is 0.823. The van der Waals surface area contributed by atoms with Crippen LogP contribution in [0, 0.1) is 17.7 Å². The van der Waals surface area contributed by atoms with E-state index in [1.807, 2.05) is 0 Å². The highest BCUT2D eigenvalue weighted by molar-refractivity contribution is 5.18. The topological polar surface area (TPSA) is 23.5 Å². The first-order valence-corrected chi connectivity index (χ1v) is 8.38. The van der Waals surface area contributed by atoms with E-state index in [0.29, 0.717) is 0 Å². The van der Waals surface area contributed by atoms with Crippen molar-refractivity contribution in [3.8, 4) is 0 Å². The van der Waals surface area contributed by atoms with Gasteiger partial charge in [0.2, 0.25) is 0 Å². The molecule has 0 amide bonds. The minimum Gasteiger partial charge on any atom is -0.388 e. The van der Waals surface area contributed by atoms with Gasteiger partial charge in [-0.05, 0) is 55.3 Å². The average molecular weight is 291 g/mol. The van der Waals surface area contributed by atoms with Gasteiger partial charge < -0.3 is 10.0 Å². The van der Waals surface area contributed by atoms with Gasteiger partial charge in [0.15, 0.2) is 0 Å². The van der Waals surface area contributed by atoms with E-state index in [2.05, 4.69) is 4.90 Å². The molecule has 1 aliphatic heterocycles. The van der Waals surface area contributed by atoms with E-state index in [1.54, 1.807) is 12.1 Å². The van der Waals surface area contributed by atoms with E-state index >= 15 is 0 Å². The summed E-state index contributed by atoms with van der Waals surface area (Å²) in [5, 5.41) is 10.2. The molecule has 2 aliphatic rings. The van der Waals surface area contributed by atoms with Crippen LogP contribution in [0.15, 0.2) is 24.3 Å². The summed E-state index contributed by atoms with van der Waals surface area (Å²) >= 11 is 0. The lowest BCUT2D eigenvalue weighted by Crippen LogP contribution is -2.42. The molecular weight excluding hydrogens is 265 g/mol. The molecule has 0 aromatic heterocycles. The molecule has 116 valence electrons. The maximum atomic E-state index is 12.9. The normalized spacial score (nSPS) is 28.1. The van der Waals surface area contributed by atoms with Crippen molar-refractivity contribution in [1.29, 1.82) is 0 Å². The Balaban J connectivity index is 1.47. The van der Waals surface area contributed by atoms with Crippen LogP contribution in [0.2, 0.25) is 0 Å². The Hall–Kier alpha value is -0.930. The van der Waals surface area contributed by atoms with Crippen LogP contribution in [0.4, 0.5) is 4.39 Å². The third kappa shape index (κ3) is 3.83. The Morgan fingerprint density at radius 2 is 1.81 bits per heavy atom. The second-order valence-corrected chi connectivity index (χ2v) is 6.75. The van der Waals surface area contributed by atoms with Crippen molar-refractivity contribution in [3.05, 3.63) is 35.6 Å². The van der Waals surface area contributed by atoms with Gasteiger partial charge in [-0.15, -0.1) is 0 Å². The van der Waals surface area contributed by atoms with Gasteiger partial charge in [-0.2, -0.15) is 0 Å². The Bertz CT molecular complexity index is 447. The van der Waals surface area contributed by atoms with Crippen LogP contribution in [-0.4, -0.2) is 29.6 Å². The lowest BCUT2D eigenvalue weighted by atomic mass is 9.75. The summed E-state index contributed by atoms with van der Waals surface area (Å²) in [6.45, 7) is 3.33. The van der Waals surface area contributed by atoms with Gasteiger partial charge in [-0.1, -0.05) is 31.4 Å². The van der Waals surface area contributed by atoms with Gasteiger partial charge in [0.25, 0.3) is 0 Å². The molecule has 3 atom stereocenters. The van der Waals surface area contributed by atoms with E-state index in [4.69, 9.17) is 0 Å². The molecule has 1 N–H and O–H groups in total. The fourth-order valence-electron chi connectivity index (χ4n) is 4.04. The minimum absolute atomic E-state index is 0.245. The monoisotopic (exact) mass is 291 g/mol. The number of halogens is 1. The summed E-state index contributed by atoms with van der Waals surface area (Å²) in [5.74, 6) is 1.60. The first-order valence-electron chi connectivity index (χ1n) is 8.38. The van der Waals surface area contributed by atoms with Gasteiger partial charge in [0.05, 0.1) is 6.10 Å². The highest BCUT2D eigenvalue weighted by atomic mass is 19.1. The smallest absolute Gasteiger partial charge is 0.123 e. The number of likely N-dealkylation sites (tertiary alicyclic amines) is 1. The second-order valence-electron chi connectivity index (χ2n) is 6.75. The van der Waals surface area contributed by atoms with Crippen molar-refractivity contribution in [2.24, 2.45) is 11.8 Å². The minimum atomic E-state index is -0.477. The summed E-state index contributed by atoms with van der Waals surface area (Å²) in [6.07, 6.45) is 7.23. The van der Waals surface area contributed by atoms with Gasteiger partial charge in [-0.25, -0.2) is 4.39 Å². The fourth-order valence-corrected chi connectivity index (χ4v) is 4.04. The van der Waals surface area contributed by atoms with Crippen LogP contribution in [0.1, 0.15) is 50.2 Å². The number of hydrogen-bond donors (Lipinski definition) is 1. The maximum absolute atomic E-state index is 12.9. The molecule has 1 saturated heterocycles. The largest absolute Gasteiger partial charge is 0.388 e. The number of benzene rings is 1. The van der Waals surface area contributed by atoms with Gasteiger partial charge in [0, 0.05) is 13.1 Å². The summed E-state index contributed by atoms with van der Waals surface area (Å²) in [4.78, 5) is 2.51. The predicted octanol–water partition coefficient (Wildman–Crippen LogP) is 3.76. The van der Waals surface area contributed by atoms with Crippen molar-refractivity contribution in [3.63, 3.8) is 0 Å². The molecule has 0 bridgehead atoms. The van der Waals surface area contributed by atoms with E-state index < -0.39 is 6.10 Å². The van der Waals surface area contributed by atoms with Gasteiger partial charge in [-0.3, -0.25) is 0 Å². The average Bonchev–Trinajstić information content (AvgIpc) is 2.53. The molecule has 1 aliphatic carbocycles. The molecular formula is C18H26FNO. The first-order chi connectivity index (χ1) is 10.2. The molecule has 3 heteroatoms. The van der Waals surface area contributed by atoms with E-state index in [0.717, 1.165) is 30.4 Å². The quantitative estimate of drug-likeness (QED) is 0.913. The zero-order chi connectivity index (χ0) is 14.7. The number of fused-ring (bicyclic) bond motifs is 1. The molecule has 1 saturated carbocycles. The molecule has 3 rings (SSSR count). The lowest BCUT2D eigenvalue weighted by molar-refractivity contribution is 0.0704. The van der Waals surface area contributed by atoms with E-state index in [-0.39, 0.29) is 5.82 Å². The standard InChI is InChI=1S/C18H26FNO/c19-17-7-5-15(6-8-17)18(21)10-12-20-11-9-14-3-1-2-4-16(14)13-20/h5-8,14,16,18,21H,1-4,9-13H2. The molecule has 0 spiro atoms. The van der Waals surface area contributed by atoms with Crippen molar-refractivity contribution < 1.29 is 9.50 Å². The Morgan fingerprint density at radius 3 is 2.57 bits per heavy atom. The molecule has 2 nitrogen and oxygen atoms in total. The SMILES string of the molecule is OC(CCN1CCC2CCCCC2C1)c1ccc(F)cc1. The van der Waals surface area contributed by atoms with Crippen LogP contribution in [0.3, 0.4) is 0 Å². The molecule has 21 heavy (non-hydrogen) atoms. The first kappa shape index (κ1) is 15.0. The zero-order valence-electron chi connectivity index (χ0n) is 12.7. The highest BCUT2D eigenvalue weighted by Gasteiger charge is 2.30. The predicted molar refractivity (Wildman–Crippen MR) is 82.5 cm³/mol. The number of aliphatic hydroxyl groups is 1. The third-order valence-electron chi connectivity index (χ3n) is 5.35. The summed E-state index contributed by atoms with van der Waals surface area (Å²) in [6, 6.07) is 6.22. The number of hydrogen-bond acceptors (Lipinski definition) is 2. The Morgan fingerprint density at radius 1 is 1.10 bits per heavy atom. The Labute approximate surface area is 127 Å². The molecule has 1 heterocycles. The molecule has 3 unspecified atom stereocenters. The maximum Gasteiger partial charge on any atom is 0.123 e. The van der Waals surface area contributed by atoms with Crippen LogP contribution in [-0.2, 0) is 0 Å². The van der Waals surface area contributed by atoms with Crippen LogP contribution in [0.5, 0.6) is 0 Å². The van der Waals surface area contributed by atoms with Crippen LogP contribution >= 0.6 is 0 Å². The molecule has 1 aromatic rings. The van der Waals surface area contributed by atoms with Crippen molar-refractivity contribution >= 4 is 0 Å². The number of piperidine rings is 1. The van der Waals surface area contributed by atoms with Crippen molar-refractivity contribution in [2.75, 3.05) is 19.6 Å². The second kappa shape index (κ2) is 6.89. The van der Waals surface area contributed by atoms with Crippen molar-refractivity contribution in [2.45, 2.75) is 44.6 Å². The van der Waals surface area contributed by atoms with Crippen LogP contribution < -0.4 is 0 Å². The van der Waals surface area contributed by atoms with E-state index in [9.17, 15) is 9.50 Å². The van der Waals surface area contributed by atoms with Gasteiger partial charge in [0.1, 0.15) is 5.82 Å². The lowest BCUT2D eigenvalue weighted by Gasteiger charge is -2.41. The number of rotatable bonds is 4. The van der Waals surface area contributed by atoms with E-state index in [1.165, 1.54) is 57.3 Å². The Kier molecular flexibility index (Phi) is 4.91.